The van der Waals surface area contributed by atoms with Crippen LogP contribution in [-0.2, 0) is 14.8 Å². The Labute approximate surface area is 192 Å². The molecule has 1 aromatic carbocycles. The number of unbranched alkanes of at least 4 members (excludes halogenated alkanes) is 3. The monoisotopic (exact) mass is 502 g/mol. The fourth-order valence-electron chi connectivity index (χ4n) is 4.02. The van der Waals surface area contributed by atoms with E-state index in [1.54, 1.807) is 35.6 Å². The lowest BCUT2D eigenvalue weighted by Gasteiger charge is -2.34. The average Bonchev–Trinajstić information content (AvgIpc) is 2.74. The number of halogens is 1. The SMILES string of the molecule is CCCCCN(C)CCCCO[C@H]1CC[C@H](N(C)S(=O)(=O)c2ccc(Br)cc2)CC1. The van der Waals surface area contributed by atoms with Gasteiger partial charge < -0.3 is 9.64 Å². The molecule has 172 valence electrons. The number of nitrogens with zero attached hydrogens (tertiary/aromatic N) is 2. The molecule has 1 fully saturated rings. The summed E-state index contributed by atoms with van der Waals surface area (Å²) in [5, 5.41) is 0. The standard InChI is InChI=1S/C23H39BrN2O3S/c1-4-5-6-17-25(2)18-7-8-19-29-22-13-11-21(12-14-22)26(3)30(27,28)23-15-9-20(24)10-16-23/h9-10,15-16,21-22H,4-8,11-14,17-19H2,1-3H3/t21-,22-. The van der Waals surface area contributed by atoms with Gasteiger partial charge in [-0.2, -0.15) is 4.31 Å². The summed E-state index contributed by atoms with van der Waals surface area (Å²) in [6.07, 6.45) is 10.00. The van der Waals surface area contributed by atoms with Crippen molar-refractivity contribution >= 4 is 26.0 Å². The van der Waals surface area contributed by atoms with E-state index in [4.69, 9.17) is 4.74 Å². The van der Waals surface area contributed by atoms with Crippen molar-refractivity contribution in [2.75, 3.05) is 33.8 Å². The molecule has 0 amide bonds. The van der Waals surface area contributed by atoms with Crippen LogP contribution in [0.5, 0.6) is 0 Å². The van der Waals surface area contributed by atoms with Gasteiger partial charge >= 0.3 is 0 Å². The molecule has 7 heteroatoms. The normalized spacial score (nSPS) is 20.2. The van der Waals surface area contributed by atoms with E-state index in [0.717, 1.165) is 49.7 Å². The van der Waals surface area contributed by atoms with Gasteiger partial charge in [-0.25, -0.2) is 8.42 Å². The molecule has 0 radical (unpaired) electrons. The molecule has 0 heterocycles. The Kier molecular flexibility index (Phi) is 11.3. The average molecular weight is 504 g/mol. The van der Waals surface area contributed by atoms with Gasteiger partial charge in [0, 0.05) is 24.2 Å². The van der Waals surface area contributed by atoms with Crippen LogP contribution >= 0.6 is 15.9 Å². The molecule has 1 aliphatic rings. The van der Waals surface area contributed by atoms with Gasteiger partial charge in [-0.05, 0) is 89.3 Å². The highest BCUT2D eigenvalue weighted by atomic mass is 79.9. The summed E-state index contributed by atoms with van der Waals surface area (Å²) in [5.74, 6) is 0. The van der Waals surface area contributed by atoms with Crippen LogP contribution in [0.4, 0.5) is 0 Å². The Bertz CT molecular complexity index is 704. The molecule has 30 heavy (non-hydrogen) atoms. The Hall–Kier alpha value is -0.470. The molecule has 1 aromatic rings. The van der Waals surface area contributed by atoms with Crippen LogP contribution in [0.1, 0.15) is 64.7 Å². The van der Waals surface area contributed by atoms with Gasteiger partial charge in [-0.1, -0.05) is 35.7 Å². The fourth-order valence-corrected chi connectivity index (χ4v) is 5.70. The number of benzene rings is 1. The maximum Gasteiger partial charge on any atom is 0.243 e. The highest BCUT2D eigenvalue weighted by Crippen LogP contribution is 2.28. The maximum absolute atomic E-state index is 12.9. The first-order chi connectivity index (χ1) is 14.3. The highest BCUT2D eigenvalue weighted by molar-refractivity contribution is 9.10. The molecule has 0 spiro atoms. The zero-order chi connectivity index (χ0) is 22.0. The van der Waals surface area contributed by atoms with Crippen LogP contribution in [0, 0.1) is 0 Å². The van der Waals surface area contributed by atoms with Crippen molar-refractivity contribution in [1.29, 1.82) is 0 Å². The molecule has 0 bridgehead atoms. The van der Waals surface area contributed by atoms with Crippen LogP contribution in [0.25, 0.3) is 0 Å². The number of sulfonamides is 1. The van der Waals surface area contributed by atoms with Crippen molar-refractivity contribution in [3.63, 3.8) is 0 Å². The number of rotatable bonds is 13. The summed E-state index contributed by atoms with van der Waals surface area (Å²) in [7, 11) is 0.467. The molecule has 0 unspecified atom stereocenters. The summed E-state index contributed by atoms with van der Waals surface area (Å²) in [6, 6.07) is 6.91. The second kappa shape index (κ2) is 13.2. The number of hydrogen-bond donors (Lipinski definition) is 0. The Balaban J connectivity index is 1.65. The zero-order valence-corrected chi connectivity index (χ0v) is 21.3. The second-order valence-corrected chi connectivity index (χ2v) is 11.4. The van der Waals surface area contributed by atoms with E-state index in [1.165, 1.54) is 32.2 Å². The maximum atomic E-state index is 12.9. The first-order valence-electron chi connectivity index (χ1n) is 11.4. The van der Waals surface area contributed by atoms with Crippen LogP contribution < -0.4 is 0 Å². The van der Waals surface area contributed by atoms with Crippen LogP contribution in [-0.4, -0.2) is 63.6 Å². The molecule has 0 aromatic heterocycles. The Morgan fingerprint density at radius 1 is 0.967 bits per heavy atom. The minimum atomic E-state index is -3.45. The molecular formula is C23H39BrN2O3S. The van der Waals surface area contributed by atoms with Gasteiger partial charge in [0.25, 0.3) is 0 Å². The van der Waals surface area contributed by atoms with E-state index < -0.39 is 10.0 Å². The van der Waals surface area contributed by atoms with Gasteiger partial charge in [0.1, 0.15) is 0 Å². The number of hydrogen-bond acceptors (Lipinski definition) is 4. The highest BCUT2D eigenvalue weighted by Gasteiger charge is 2.31. The van der Waals surface area contributed by atoms with Crippen LogP contribution in [0.3, 0.4) is 0 Å². The molecule has 2 rings (SSSR count). The zero-order valence-electron chi connectivity index (χ0n) is 18.9. The van der Waals surface area contributed by atoms with E-state index in [9.17, 15) is 8.42 Å². The fraction of sp³-hybridized carbons (Fsp3) is 0.739. The smallest absolute Gasteiger partial charge is 0.243 e. The molecule has 1 aliphatic carbocycles. The third-order valence-corrected chi connectivity index (χ3v) is 8.53. The van der Waals surface area contributed by atoms with Crippen molar-refractivity contribution in [1.82, 2.24) is 9.21 Å². The van der Waals surface area contributed by atoms with Gasteiger partial charge in [0.2, 0.25) is 10.0 Å². The molecule has 1 saturated carbocycles. The lowest BCUT2D eigenvalue weighted by atomic mass is 9.93. The van der Waals surface area contributed by atoms with Crippen molar-refractivity contribution in [2.24, 2.45) is 0 Å². The summed E-state index contributed by atoms with van der Waals surface area (Å²) < 4.78 is 34.3. The van der Waals surface area contributed by atoms with Crippen molar-refractivity contribution in [3.05, 3.63) is 28.7 Å². The first kappa shape index (κ1) is 25.8. The van der Waals surface area contributed by atoms with E-state index in [1.807, 2.05) is 0 Å². The lowest BCUT2D eigenvalue weighted by molar-refractivity contribution is 0.0152. The summed E-state index contributed by atoms with van der Waals surface area (Å²) in [4.78, 5) is 2.77. The first-order valence-corrected chi connectivity index (χ1v) is 13.6. The quantitative estimate of drug-likeness (QED) is 0.343. The van der Waals surface area contributed by atoms with Gasteiger partial charge in [0.05, 0.1) is 11.0 Å². The minimum absolute atomic E-state index is 0.0512. The molecule has 0 aliphatic heterocycles. The predicted octanol–water partition coefficient (Wildman–Crippen LogP) is 5.30. The summed E-state index contributed by atoms with van der Waals surface area (Å²) in [6.45, 7) is 5.38. The third kappa shape index (κ3) is 8.23. The lowest BCUT2D eigenvalue weighted by Crippen LogP contribution is -2.40. The van der Waals surface area contributed by atoms with E-state index in [2.05, 4.69) is 34.8 Å². The molecule has 5 nitrogen and oxygen atoms in total. The van der Waals surface area contributed by atoms with Crippen molar-refractivity contribution in [3.8, 4) is 0 Å². The van der Waals surface area contributed by atoms with Gasteiger partial charge in [0.15, 0.2) is 0 Å². The molecular weight excluding hydrogens is 464 g/mol. The van der Waals surface area contributed by atoms with Gasteiger partial charge in [-0.3, -0.25) is 0 Å². The largest absolute Gasteiger partial charge is 0.378 e. The summed E-state index contributed by atoms with van der Waals surface area (Å²) >= 11 is 3.36. The van der Waals surface area contributed by atoms with E-state index >= 15 is 0 Å². The van der Waals surface area contributed by atoms with Crippen LogP contribution in [0.15, 0.2) is 33.6 Å². The molecule has 0 atom stereocenters. The van der Waals surface area contributed by atoms with E-state index in [-0.39, 0.29) is 12.1 Å². The minimum Gasteiger partial charge on any atom is -0.378 e. The van der Waals surface area contributed by atoms with Gasteiger partial charge in [-0.15, -0.1) is 0 Å². The topological polar surface area (TPSA) is 49.9 Å². The Morgan fingerprint density at radius 3 is 2.17 bits per heavy atom. The van der Waals surface area contributed by atoms with Crippen molar-refractivity contribution in [2.45, 2.75) is 81.8 Å². The third-order valence-electron chi connectivity index (χ3n) is 6.08. The number of ether oxygens (including phenoxy) is 1. The summed E-state index contributed by atoms with van der Waals surface area (Å²) in [5.41, 5.74) is 0. The predicted molar refractivity (Wildman–Crippen MR) is 127 cm³/mol. The molecule has 0 saturated heterocycles. The van der Waals surface area contributed by atoms with E-state index in [0.29, 0.717) is 4.90 Å². The van der Waals surface area contributed by atoms with Crippen molar-refractivity contribution < 1.29 is 13.2 Å². The van der Waals surface area contributed by atoms with Crippen LogP contribution in [0.2, 0.25) is 0 Å². The Morgan fingerprint density at radius 2 is 1.57 bits per heavy atom. The molecule has 0 N–H and O–H groups in total. The second-order valence-electron chi connectivity index (χ2n) is 8.49.